The van der Waals surface area contributed by atoms with E-state index in [0.29, 0.717) is 13.1 Å². The molecular formula is C11H22N2O3. The molecule has 1 aliphatic carbocycles. The number of methoxy groups -OCH3 is 1. The van der Waals surface area contributed by atoms with Gasteiger partial charge in [-0.3, -0.25) is 0 Å². The number of ether oxygens (including phenoxy) is 1. The maximum Gasteiger partial charge on any atom is 0.317 e. The van der Waals surface area contributed by atoms with Crippen molar-refractivity contribution in [2.75, 3.05) is 27.2 Å². The van der Waals surface area contributed by atoms with Gasteiger partial charge in [0.15, 0.2) is 0 Å². The Labute approximate surface area is 96.8 Å². The number of urea groups is 1. The predicted octanol–water partition coefficient (Wildman–Crippen LogP) is 0.578. The van der Waals surface area contributed by atoms with E-state index >= 15 is 0 Å². The highest BCUT2D eigenvalue weighted by molar-refractivity contribution is 5.73. The fraction of sp³-hybridized carbons (Fsp3) is 0.909. The molecule has 1 unspecified atom stereocenters. The first-order chi connectivity index (χ1) is 7.49. The quantitative estimate of drug-likeness (QED) is 0.726. The summed E-state index contributed by atoms with van der Waals surface area (Å²) in [6, 6.07) is -0.163. The van der Waals surface area contributed by atoms with Crippen LogP contribution >= 0.6 is 0 Å². The zero-order chi connectivity index (χ0) is 12.2. The fourth-order valence-corrected chi connectivity index (χ4v) is 1.88. The van der Waals surface area contributed by atoms with Crippen LogP contribution in [-0.4, -0.2) is 55.0 Å². The molecule has 5 nitrogen and oxygen atoms in total. The summed E-state index contributed by atoms with van der Waals surface area (Å²) in [6.45, 7) is 2.55. The summed E-state index contributed by atoms with van der Waals surface area (Å²) in [6.07, 6.45) is 2.66. The Balaban J connectivity index is 2.28. The number of amides is 2. The summed E-state index contributed by atoms with van der Waals surface area (Å²) in [5, 5.41) is 12.0. The van der Waals surface area contributed by atoms with Crippen LogP contribution in [0.5, 0.6) is 0 Å². The summed E-state index contributed by atoms with van der Waals surface area (Å²) in [7, 11) is 3.35. The molecule has 16 heavy (non-hydrogen) atoms. The Morgan fingerprint density at radius 1 is 1.62 bits per heavy atom. The number of nitrogens with zero attached hydrogens (tertiary/aromatic N) is 1. The summed E-state index contributed by atoms with van der Waals surface area (Å²) in [4.78, 5) is 13.1. The Hall–Kier alpha value is -0.810. The zero-order valence-electron chi connectivity index (χ0n) is 10.3. The van der Waals surface area contributed by atoms with Crippen molar-refractivity contribution in [3.05, 3.63) is 0 Å². The minimum Gasteiger partial charge on any atom is -0.392 e. The van der Waals surface area contributed by atoms with Gasteiger partial charge in [-0.05, 0) is 26.2 Å². The van der Waals surface area contributed by atoms with Gasteiger partial charge in [0.2, 0.25) is 0 Å². The normalized spacial score (nSPS) is 19.8. The van der Waals surface area contributed by atoms with E-state index in [0.717, 1.165) is 19.3 Å². The van der Waals surface area contributed by atoms with Gasteiger partial charge in [-0.25, -0.2) is 4.79 Å². The monoisotopic (exact) mass is 230 g/mol. The number of hydrogen-bond donors (Lipinski definition) is 2. The number of aliphatic hydroxyl groups is 1. The molecule has 1 atom stereocenters. The number of carbonyl (C=O) groups excluding carboxylic acids is 1. The van der Waals surface area contributed by atoms with Crippen LogP contribution in [0.3, 0.4) is 0 Å². The number of aliphatic hydroxyl groups excluding tert-OH is 1. The highest BCUT2D eigenvalue weighted by atomic mass is 16.5. The van der Waals surface area contributed by atoms with Crippen molar-refractivity contribution in [2.24, 2.45) is 0 Å². The first-order valence-corrected chi connectivity index (χ1v) is 5.71. The molecule has 0 aliphatic heterocycles. The van der Waals surface area contributed by atoms with Crippen molar-refractivity contribution < 1.29 is 14.6 Å². The highest BCUT2D eigenvalue weighted by Gasteiger charge is 2.37. The van der Waals surface area contributed by atoms with E-state index in [1.807, 2.05) is 0 Å². The number of carbonyl (C=O) groups is 1. The standard InChI is InChI=1S/C11H22N2O3/c1-9(14)7-13(2)10(15)12-8-11(16-3)5-4-6-11/h9,14H,4-8H2,1-3H3,(H,12,15). The van der Waals surface area contributed by atoms with Gasteiger partial charge in [-0.15, -0.1) is 0 Å². The Morgan fingerprint density at radius 2 is 2.25 bits per heavy atom. The van der Waals surface area contributed by atoms with Crippen LogP contribution in [0.25, 0.3) is 0 Å². The highest BCUT2D eigenvalue weighted by Crippen LogP contribution is 2.34. The van der Waals surface area contributed by atoms with E-state index in [2.05, 4.69) is 5.32 Å². The van der Waals surface area contributed by atoms with Gasteiger partial charge in [0.1, 0.15) is 0 Å². The SMILES string of the molecule is COC1(CNC(=O)N(C)CC(C)O)CCC1. The minimum absolute atomic E-state index is 0.151. The first kappa shape index (κ1) is 13.3. The van der Waals surface area contributed by atoms with Crippen LogP contribution in [0.15, 0.2) is 0 Å². The van der Waals surface area contributed by atoms with E-state index < -0.39 is 6.10 Å². The van der Waals surface area contributed by atoms with E-state index in [1.54, 1.807) is 21.1 Å². The van der Waals surface area contributed by atoms with Crippen molar-refractivity contribution in [3.63, 3.8) is 0 Å². The van der Waals surface area contributed by atoms with Crippen molar-refractivity contribution in [1.82, 2.24) is 10.2 Å². The molecule has 1 aliphatic rings. The Kier molecular flexibility index (Phi) is 4.56. The molecule has 5 heteroatoms. The third-order valence-electron chi connectivity index (χ3n) is 3.14. The van der Waals surface area contributed by atoms with Gasteiger partial charge in [0.25, 0.3) is 0 Å². The summed E-state index contributed by atoms with van der Waals surface area (Å²) in [5.41, 5.74) is -0.151. The fourth-order valence-electron chi connectivity index (χ4n) is 1.88. The summed E-state index contributed by atoms with van der Waals surface area (Å²) in [5.74, 6) is 0. The number of likely N-dealkylation sites (N-methyl/N-ethyl adjacent to an activating group) is 1. The molecular weight excluding hydrogens is 208 g/mol. The van der Waals surface area contributed by atoms with Crippen LogP contribution in [-0.2, 0) is 4.74 Å². The second-order valence-electron chi connectivity index (χ2n) is 4.63. The third-order valence-corrected chi connectivity index (χ3v) is 3.14. The molecule has 1 rings (SSSR count). The second-order valence-corrected chi connectivity index (χ2v) is 4.63. The van der Waals surface area contributed by atoms with E-state index in [1.165, 1.54) is 4.90 Å². The Bertz CT molecular complexity index is 234. The van der Waals surface area contributed by atoms with Crippen LogP contribution in [0.1, 0.15) is 26.2 Å². The van der Waals surface area contributed by atoms with Gasteiger partial charge in [-0.1, -0.05) is 0 Å². The topological polar surface area (TPSA) is 61.8 Å². The number of nitrogens with one attached hydrogen (secondary N) is 1. The van der Waals surface area contributed by atoms with E-state index in [9.17, 15) is 4.79 Å². The first-order valence-electron chi connectivity index (χ1n) is 5.71. The van der Waals surface area contributed by atoms with Crippen molar-refractivity contribution in [3.8, 4) is 0 Å². The molecule has 0 bridgehead atoms. The molecule has 0 heterocycles. The zero-order valence-corrected chi connectivity index (χ0v) is 10.3. The van der Waals surface area contributed by atoms with Crippen molar-refractivity contribution in [2.45, 2.75) is 37.9 Å². The van der Waals surface area contributed by atoms with Crippen LogP contribution in [0, 0.1) is 0 Å². The lowest BCUT2D eigenvalue weighted by atomic mass is 9.80. The van der Waals surface area contributed by atoms with Crippen LogP contribution in [0.4, 0.5) is 4.79 Å². The molecule has 0 aromatic heterocycles. The molecule has 94 valence electrons. The Morgan fingerprint density at radius 3 is 2.62 bits per heavy atom. The molecule has 0 aromatic rings. The molecule has 2 amide bonds. The van der Waals surface area contributed by atoms with E-state index in [4.69, 9.17) is 9.84 Å². The molecule has 0 radical (unpaired) electrons. The lowest BCUT2D eigenvalue weighted by molar-refractivity contribution is -0.0678. The minimum atomic E-state index is -0.504. The van der Waals surface area contributed by atoms with Gasteiger partial charge in [-0.2, -0.15) is 0 Å². The van der Waals surface area contributed by atoms with Crippen LogP contribution in [0.2, 0.25) is 0 Å². The van der Waals surface area contributed by atoms with Gasteiger partial charge >= 0.3 is 6.03 Å². The third kappa shape index (κ3) is 3.35. The average molecular weight is 230 g/mol. The second kappa shape index (κ2) is 5.50. The summed E-state index contributed by atoms with van der Waals surface area (Å²) < 4.78 is 5.40. The molecule has 1 fully saturated rings. The maximum atomic E-state index is 11.6. The number of rotatable bonds is 5. The van der Waals surface area contributed by atoms with Gasteiger partial charge in [0, 0.05) is 27.2 Å². The largest absolute Gasteiger partial charge is 0.392 e. The molecule has 2 N–H and O–H groups in total. The molecule has 0 saturated heterocycles. The smallest absolute Gasteiger partial charge is 0.317 e. The van der Waals surface area contributed by atoms with Crippen LogP contribution < -0.4 is 5.32 Å². The van der Waals surface area contributed by atoms with Gasteiger partial charge in [0.05, 0.1) is 11.7 Å². The molecule has 0 spiro atoms. The van der Waals surface area contributed by atoms with E-state index in [-0.39, 0.29) is 11.6 Å². The lowest BCUT2D eigenvalue weighted by Crippen LogP contribution is -2.52. The predicted molar refractivity (Wildman–Crippen MR) is 61.3 cm³/mol. The van der Waals surface area contributed by atoms with Crippen molar-refractivity contribution in [1.29, 1.82) is 0 Å². The average Bonchev–Trinajstić information content (AvgIpc) is 2.15. The maximum absolute atomic E-state index is 11.6. The lowest BCUT2D eigenvalue weighted by Gasteiger charge is -2.40. The van der Waals surface area contributed by atoms with Gasteiger partial charge < -0.3 is 20.1 Å². The number of hydrogen-bond acceptors (Lipinski definition) is 3. The molecule has 1 saturated carbocycles. The summed E-state index contributed by atoms with van der Waals surface area (Å²) >= 11 is 0. The van der Waals surface area contributed by atoms with Crippen molar-refractivity contribution >= 4 is 6.03 Å². The molecule has 0 aromatic carbocycles.